The van der Waals surface area contributed by atoms with Gasteiger partial charge in [0.25, 0.3) is 0 Å². The number of hydrogen-bond acceptors (Lipinski definition) is 2. The van der Waals surface area contributed by atoms with Crippen LogP contribution >= 0.6 is 0 Å². The van der Waals surface area contributed by atoms with Gasteiger partial charge in [-0.25, -0.2) is 0 Å². The van der Waals surface area contributed by atoms with E-state index in [2.05, 4.69) is 0 Å². The molecule has 0 amide bonds. The summed E-state index contributed by atoms with van der Waals surface area (Å²) < 4.78 is 7.36. The summed E-state index contributed by atoms with van der Waals surface area (Å²) in [5, 5.41) is 0.914. The van der Waals surface area contributed by atoms with Gasteiger partial charge < -0.3 is 9.30 Å². The van der Waals surface area contributed by atoms with E-state index in [-0.39, 0.29) is 0 Å². The topological polar surface area (TPSA) is 31.2 Å². The van der Waals surface area contributed by atoms with Crippen molar-refractivity contribution in [3.63, 3.8) is 0 Å². The zero-order valence-corrected chi connectivity index (χ0v) is 10.00. The summed E-state index contributed by atoms with van der Waals surface area (Å²) in [6.45, 7) is 3.98. The van der Waals surface area contributed by atoms with Gasteiger partial charge in [0.15, 0.2) is 6.29 Å². The number of ether oxygens (including phenoxy) is 1. The Morgan fingerprint density at radius 2 is 2.00 bits per heavy atom. The van der Waals surface area contributed by atoms with Crippen LogP contribution in [0.4, 0.5) is 0 Å². The van der Waals surface area contributed by atoms with E-state index in [1.54, 1.807) is 7.11 Å². The molecule has 0 aliphatic rings. The Kier molecular flexibility index (Phi) is 2.46. The van der Waals surface area contributed by atoms with Crippen LogP contribution in [0.2, 0.25) is 0 Å². The second-order valence-electron chi connectivity index (χ2n) is 3.98. The average molecular weight is 217 g/mol. The first-order chi connectivity index (χ1) is 7.61. The van der Waals surface area contributed by atoms with Gasteiger partial charge in [0.1, 0.15) is 5.75 Å². The minimum atomic E-state index is 0.720. The molecule has 16 heavy (non-hydrogen) atoms. The number of carbonyl (C=O) groups is 1. The molecule has 0 saturated carbocycles. The number of benzene rings is 1. The van der Waals surface area contributed by atoms with E-state index in [0.717, 1.165) is 39.8 Å². The molecule has 3 heteroatoms. The summed E-state index contributed by atoms with van der Waals surface area (Å²) in [5.41, 5.74) is 3.91. The van der Waals surface area contributed by atoms with Crippen LogP contribution in [-0.2, 0) is 7.05 Å². The number of aldehydes is 1. The SMILES string of the molecule is COc1ccc(C)c2c1c(C=O)c(C)n2C. The normalized spacial score (nSPS) is 10.8. The van der Waals surface area contributed by atoms with Gasteiger partial charge in [-0.2, -0.15) is 0 Å². The zero-order chi connectivity index (χ0) is 11.9. The Morgan fingerprint density at radius 1 is 1.31 bits per heavy atom. The first-order valence-corrected chi connectivity index (χ1v) is 5.19. The molecule has 1 aromatic carbocycles. The van der Waals surface area contributed by atoms with Gasteiger partial charge in [0, 0.05) is 18.3 Å². The Labute approximate surface area is 94.6 Å². The van der Waals surface area contributed by atoms with Gasteiger partial charge in [0.05, 0.1) is 18.0 Å². The highest BCUT2D eigenvalue weighted by Gasteiger charge is 2.16. The molecule has 0 unspecified atom stereocenters. The lowest BCUT2D eigenvalue weighted by molar-refractivity contribution is 0.112. The molecule has 0 N–H and O–H groups in total. The minimum absolute atomic E-state index is 0.720. The van der Waals surface area contributed by atoms with Crippen molar-refractivity contribution in [2.45, 2.75) is 13.8 Å². The fourth-order valence-electron chi connectivity index (χ4n) is 2.21. The monoisotopic (exact) mass is 217 g/mol. The van der Waals surface area contributed by atoms with Crippen molar-refractivity contribution in [3.05, 3.63) is 29.0 Å². The van der Waals surface area contributed by atoms with Crippen LogP contribution in [0.3, 0.4) is 0 Å². The molecule has 0 saturated heterocycles. The summed E-state index contributed by atoms with van der Waals surface area (Å²) in [4.78, 5) is 11.2. The second kappa shape index (κ2) is 3.67. The molecular formula is C13H15NO2. The largest absolute Gasteiger partial charge is 0.496 e. The Morgan fingerprint density at radius 3 is 2.56 bits per heavy atom. The average Bonchev–Trinajstić information content (AvgIpc) is 2.54. The van der Waals surface area contributed by atoms with E-state index in [4.69, 9.17) is 4.74 Å². The molecule has 0 aliphatic carbocycles. The highest BCUT2D eigenvalue weighted by atomic mass is 16.5. The maximum Gasteiger partial charge on any atom is 0.152 e. The minimum Gasteiger partial charge on any atom is -0.496 e. The molecule has 3 nitrogen and oxygen atoms in total. The highest BCUT2D eigenvalue weighted by Crippen LogP contribution is 2.33. The summed E-state index contributed by atoms with van der Waals surface area (Å²) in [5.74, 6) is 0.756. The lowest BCUT2D eigenvalue weighted by Gasteiger charge is -2.06. The fourth-order valence-corrected chi connectivity index (χ4v) is 2.21. The van der Waals surface area contributed by atoms with Gasteiger partial charge in [-0.05, 0) is 25.5 Å². The molecule has 1 heterocycles. The van der Waals surface area contributed by atoms with E-state index in [0.29, 0.717) is 0 Å². The lowest BCUT2D eigenvalue weighted by Crippen LogP contribution is -1.92. The van der Waals surface area contributed by atoms with Gasteiger partial charge in [-0.3, -0.25) is 4.79 Å². The van der Waals surface area contributed by atoms with Crippen LogP contribution in [0.25, 0.3) is 10.9 Å². The van der Waals surface area contributed by atoms with E-state index in [1.807, 2.05) is 37.6 Å². The number of rotatable bonds is 2. The van der Waals surface area contributed by atoms with Crippen LogP contribution in [0.15, 0.2) is 12.1 Å². The molecule has 0 spiro atoms. The van der Waals surface area contributed by atoms with E-state index < -0.39 is 0 Å². The lowest BCUT2D eigenvalue weighted by atomic mass is 10.1. The van der Waals surface area contributed by atoms with Gasteiger partial charge in [-0.15, -0.1) is 0 Å². The number of fused-ring (bicyclic) bond motifs is 1. The highest BCUT2D eigenvalue weighted by molar-refractivity contribution is 6.04. The Bertz CT molecular complexity index is 567. The maximum absolute atomic E-state index is 11.2. The molecular weight excluding hydrogens is 202 g/mol. The number of aromatic nitrogens is 1. The van der Waals surface area contributed by atoms with E-state index >= 15 is 0 Å². The third-order valence-corrected chi connectivity index (χ3v) is 3.18. The molecule has 1 aromatic heterocycles. The number of carbonyl (C=O) groups excluding carboxylic acids is 1. The Balaban J connectivity index is 3.04. The number of aryl methyl sites for hydroxylation is 2. The van der Waals surface area contributed by atoms with Crippen molar-refractivity contribution < 1.29 is 9.53 Å². The molecule has 84 valence electrons. The smallest absolute Gasteiger partial charge is 0.152 e. The van der Waals surface area contributed by atoms with Crippen LogP contribution < -0.4 is 4.74 Å². The first kappa shape index (κ1) is 10.7. The molecule has 0 fully saturated rings. The van der Waals surface area contributed by atoms with Gasteiger partial charge in [-0.1, -0.05) is 6.07 Å². The third kappa shape index (κ3) is 1.24. The van der Waals surface area contributed by atoms with Crippen molar-refractivity contribution in [2.24, 2.45) is 7.05 Å². The van der Waals surface area contributed by atoms with Crippen molar-refractivity contribution in [2.75, 3.05) is 7.11 Å². The molecule has 2 aromatic rings. The van der Waals surface area contributed by atoms with Crippen LogP contribution in [0.1, 0.15) is 21.6 Å². The Hall–Kier alpha value is -1.77. The fraction of sp³-hybridized carbons (Fsp3) is 0.308. The summed E-state index contributed by atoms with van der Waals surface area (Å²) in [6, 6.07) is 3.92. The number of nitrogens with zero attached hydrogens (tertiary/aromatic N) is 1. The standard InChI is InChI=1S/C13H15NO2/c1-8-5-6-11(16-4)12-10(7-15)9(2)14(3)13(8)12/h5-7H,1-4H3. The summed E-state index contributed by atoms with van der Waals surface area (Å²) >= 11 is 0. The van der Waals surface area contributed by atoms with Crippen LogP contribution in [-0.4, -0.2) is 18.0 Å². The van der Waals surface area contributed by atoms with Crippen molar-refractivity contribution in [3.8, 4) is 5.75 Å². The molecule has 0 aliphatic heterocycles. The van der Waals surface area contributed by atoms with Gasteiger partial charge >= 0.3 is 0 Å². The predicted molar refractivity (Wildman–Crippen MR) is 64.3 cm³/mol. The van der Waals surface area contributed by atoms with Gasteiger partial charge in [0.2, 0.25) is 0 Å². The molecule has 0 atom stereocenters. The van der Waals surface area contributed by atoms with E-state index in [9.17, 15) is 4.79 Å². The quantitative estimate of drug-likeness (QED) is 0.724. The summed E-state index contributed by atoms with van der Waals surface area (Å²) in [7, 11) is 3.60. The molecule has 0 radical (unpaired) electrons. The number of methoxy groups -OCH3 is 1. The second-order valence-corrected chi connectivity index (χ2v) is 3.98. The maximum atomic E-state index is 11.2. The molecule has 2 rings (SSSR count). The van der Waals surface area contributed by atoms with Crippen molar-refractivity contribution in [1.29, 1.82) is 0 Å². The molecule has 0 bridgehead atoms. The van der Waals surface area contributed by atoms with Crippen LogP contribution in [0.5, 0.6) is 5.75 Å². The predicted octanol–water partition coefficient (Wildman–Crippen LogP) is 2.62. The zero-order valence-electron chi connectivity index (χ0n) is 10.00. The van der Waals surface area contributed by atoms with Crippen LogP contribution in [0, 0.1) is 13.8 Å². The number of hydrogen-bond donors (Lipinski definition) is 0. The van der Waals surface area contributed by atoms with Crippen molar-refractivity contribution >= 4 is 17.2 Å². The summed E-state index contributed by atoms with van der Waals surface area (Å²) in [6.07, 6.45) is 0.902. The third-order valence-electron chi connectivity index (χ3n) is 3.18. The first-order valence-electron chi connectivity index (χ1n) is 5.19. The van der Waals surface area contributed by atoms with Crippen molar-refractivity contribution in [1.82, 2.24) is 4.57 Å². The van der Waals surface area contributed by atoms with E-state index in [1.165, 1.54) is 0 Å².